The number of hydrogen-bond acceptors (Lipinski definition) is 3. The Morgan fingerprint density at radius 2 is 2.16 bits per heavy atom. The summed E-state index contributed by atoms with van der Waals surface area (Å²) in [6, 6.07) is 5.63. The number of anilines is 1. The van der Waals surface area contributed by atoms with Crippen LogP contribution in [0.2, 0.25) is 0 Å². The standard InChI is InChI=1S/C14H16N4O/c1-9(10-4-6-15-7-5-10)14(19)16-13-8-12(17-18-13)11-2-3-11/h4-9,11H,2-3H2,1H3,(H2,16,17,18,19). The number of aromatic nitrogens is 3. The zero-order chi connectivity index (χ0) is 13.2. The van der Waals surface area contributed by atoms with E-state index in [1.807, 2.05) is 25.1 Å². The fourth-order valence-electron chi connectivity index (χ4n) is 2.04. The van der Waals surface area contributed by atoms with Crippen LogP contribution >= 0.6 is 0 Å². The number of carbonyl (C=O) groups excluding carboxylic acids is 1. The molecule has 0 radical (unpaired) electrons. The molecular formula is C14H16N4O. The van der Waals surface area contributed by atoms with Gasteiger partial charge in [0.1, 0.15) is 0 Å². The Bertz CT molecular complexity index is 574. The maximum Gasteiger partial charge on any atom is 0.232 e. The molecule has 2 N–H and O–H groups in total. The van der Waals surface area contributed by atoms with E-state index in [-0.39, 0.29) is 11.8 Å². The predicted octanol–water partition coefficient (Wildman–Crippen LogP) is 2.42. The highest BCUT2D eigenvalue weighted by molar-refractivity contribution is 5.94. The van der Waals surface area contributed by atoms with Crippen molar-refractivity contribution in [2.75, 3.05) is 5.32 Å². The molecule has 1 unspecified atom stereocenters. The van der Waals surface area contributed by atoms with E-state index in [0.29, 0.717) is 11.7 Å². The van der Waals surface area contributed by atoms with Crippen LogP contribution in [0.3, 0.4) is 0 Å². The summed E-state index contributed by atoms with van der Waals surface area (Å²) < 4.78 is 0. The summed E-state index contributed by atoms with van der Waals surface area (Å²) in [5.41, 5.74) is 2.07. The van der Waals surface area contributed by atoms with Gasteiger partial charge in [0.15, 0.2) is 5.82 Å². The highest BCUT2D eigenvalue weighted by Gasteiger charge is 2.26. The lowest BCUT2D eigenvalue weighted by atomic mass is 10.0. The summed E-state index contributed by atoms with van der Waals surface area (Å²) in [6.45, 7) is 1.87. The molecule has 1 saturated carbocycles. The van der Waals surface area contributed by atoms with E-state index in [9.17, 15) is 4.79 Å². The number of carbonyl (C=O) groups is 1. The summed E-state index contributed by atoms with van der Waals surface area (Å²) in [5.74, 6) is 0.938. The third-order valence-electron chi connectivity index (χ3n) is 3.47. The van der Waals surface area contributed by atoms with Crippen molar-refractivity contribution in [3.05, 3.63) is 41.9 Å². The molecule has 2 heterocycles. The van der Waals surface area contributed by atoms with Gasteiger partial charge in [0.2, 0.25) is 5.91 Å². The Balaban J connectivity index is 1.66. The van der Waals surface area contributed by atoms with Gasteiger partial charge in [-0.3, -0.25) is 14.9 Å². The topological polar surface area (TPSA) is 70.7 Å². The lowest BCUT2D eigenvalue weighted by Gasteiger charge is -2.10. The molecule has 3 rings (SSSR count). The largest absolute Gasteiger partial charge is 0.309 e. The van der Waals surface area contributed by atoms with Crippen LogP contribution in [0.15, 0.2) is 30.6 Å². The number of nitrogens with one attached hydrogen (secondary N) is 2. The third-order valence-corrected chi connectivity index (χ3v) is 3.47. The van der Waals surface area contributed by atoms with Crippen molar-refractivity contribution in [1.82, 2.24) is 15.2 Å². The van der Waals surface area contributed by atoms with Crippen LogP contribution in [0.5, 0.6) is 0 Å². The second-order valence-electron chi connectivity index (χ2n) is 4.97. The molecule has 1 aliphatic rings. The van der Waals surface area contributed by atoms with Gasteiger partial charge in [-0.25, -0.2) is 0 Å². The van der Waals surface area contributed by atoms with Gasteiger partial charge in [-0.05, 0) is 37.5 Å². The molecule has 5 nitrogen and oxygen atoms in total. The fourth-order valence-corrected chi connectivity index (χ4v) is 2.04. The molecule has 2 aromatic rings. The molecule has 0 aromatic carbocycles. The molecule has 5 heteroatoms. The molecule has 0 saturated heterocycles. The highest BCUT2D eigenvalue weighted by atomic mass is 16.1. The van der Waals surface area contributed by atoms with E-state index in [0.717, 1.165) is 11.3 Å². The summed E-state index contributed by atoms with van der Waals surface area (Å²) in [7, 11) is 0. The third kappa shape index (κ3) is 2.65. The molecule has 19 heavy (non-hydrogen) atoms. The average Bonchev–Trinajstić information content (AvgIpc) is 3.20. The maximum atomic E-state index is 12.1. The molecule has 1 amide bonds. The van der Waals surface area contributed by atoms with E-state index in [2.05, 4.69) is 20.5 Å². The highest BCUT2D eigenvalue weighted by Crippen LogP contribution is 2.39. The molecule has 2 aromatic heterocycles. The lowest BCUT2D eigenvalue weighted by Crippen LogP contribution is -2.19. The smallest absolute Gasteiger partial charge is 0.232 e. The van der Waals surface area contributed by atoms with Crippen LogP contribution in [0.1, 0.15) is 42.9 Å². The summed E-state index contributed by atoms with van der Waals surface area (Å²) >= 11 is 0. The number of hydrogen-bond donors (Lipinski definition) is 2. The zero-order valence-electron chi connectivity index (χ0n) is 10.8. The number of rotatable bonds is 4. The molecule has 1 fully saturated rings. The summed E-state index contributed by atoms with van der Waals surface area (Å²) in [4.78, 5) is 16.1. The minimum atomic E-state index is -0.218. The van der Waals surface area contributed by atoms with Gasteiger partial charge in [0.05, 0.1) is 5.92 Å². The van der Waals surface area contributed by atoms with Crippen molar-refractivity contribution in [3.8, 4) is 0 Å². The molecular weight excluding hydrogens is 240 g/mol. The molecule has 0 aliphatic heterocycles. The Morgan fingerprint density at radius 3 is 2.84 bits per heavy atom. The van der Waals surface area contributed by atoms with Crippen LogP contribution in [-0.4, -0.2) is 21.1 Å². The van der Waals surface area contributed by atoms with Crippen molar-refractivity contribution < 1.29 is 4.79 Å². The van der Waals surface area contributed by atoms with Crippen LogP contribution < -0.4 is 5.32 Å². The summed E-state index contributed by atoms with van der Waals surface area (Å²) in [6.07, 6.45) is 5.81. The van der Waals surface area contributed by atoms with E-state index in [1.165, 1.54) is 12.8 Å². The molecule has 98 valence electrons. The number of amides is 1. The quantitative estimate of drug-likeness (QED) is 0.882. The maximum absolute atomic E-state index is 12.1. The van der Waals surface area contributed by atoms with Gasteiger partial charge in [-0.2, -0.15) is 5.10 Å². The van der Waals surface area contributed by atoms with Gasteiger partial charge >= 0.3 is 0 Å². The second kappa shape index (κ2) is 4.84. The van der Waals surface area contributed by atoms with Crippen molar-refractivity contribution in [3.63, 3.8) is 0 Å². The van der Waals surface area contributed by atoms with Gasteiger partial charge in [0, 0.05) is 30.1 Å². The average molecular weight is 256 g/mol. The number of H-pyrrole nitrogens is 1. The first-order chi connectivity index (χ1) is 9.24. The van der Waals surface area contributed by atoms with E-state index < -0.39 is 0 Å². The number of nitrogens with zero attached hydrogens (tertiary/aromatic N) is 2. The monoisotopic (exact) mass is 256 g/mol. The van der Waals surface area contributed by atoms with Crippen LogP contribution in [-0.2, 0) is 4.79 Å². The SMILES string of the molecule is CC(C(=O)Nc1cc(C2CC2)[nH]n1)c1ccncc1. The number of pyridine rings is 1. The first-order valence-electron chi connectivity index (χ1n) is 6.50. The van der Waals surface area contributed by atoms with Crippen molar-refractivity contribution in [2.24, 2.45) is 0 Å². The minimum Gasteiger partial charge on any atom is -0.309 e. The zero-order valence-corrected chi connectivity index (χ0v) is 10.8. The predicted molar refractivity (Wildman–Crippen MR) is 71.8 cm³/mol. The molecule has 0 spiro atoms. The van der Waals surface area contributed by atoms with E-state index >= 15 is 0 Å². The van der Waals surface area contributed by atoms with Crippen molar-refractivity contribution in [1.29, 1.82) is 0 Å². The molecule has 1 aliphatic carbocycles. The first-order valence-corrected chi connectivity index (χ1v) is 6.50. The van der Waals surface area contributed by atoms with Gasteiger partial charge in [0.25, 0.3) is 0 Å². The van der Waals surface area contributed by atoms with Crippen LogP contribution in [0.4, 0.5) is 5.82 Å². The fraction of sp³-hybridized carbons (Fsp3) is 0.357. The second-order valence-corrected chi connectivity index (χ2v) is 4.97. The Hall–Kier alpha value is -2.17. The van der Waals surface area contributed by atoms with Crippen LogP contribution in [0.25, 0.3) is 0 Å². The Morgan fingerprint density at radius 1 is 1.42 bits per heavy atom. The normalized spacial score (nSPS) is 16.1. The van der Waals surface area contributed by atoms with Gasteiger partial charge < -0.3 is 5.32 Å². The summed E-state index contributed by atoms with van der Waals surface area (Å²) in [5, 5.41) is 9.94. The van der Waals surface area contributed by atoms with E-state index in [1.54, 1.807) is 12.4 Å². The van der Waals surface area contributed by atoms with E-state index in [4.69, 9.17) is 0 Å². The number of aromatic amines is 1. The first kappa shape index (κ1) is 11.9. The lowest BCUT2D eigenvalue weighted by molar-refractivity contribution is -0.117. The van der Waals surface area contributed by atoms with Gasteiger partial charge in [-0.15, -0.1) is 0 Å². The Labute approximate surface area is 111 Å². The molecule has 0 bridgehead atoms. The minimum absolute atomic E-state index is 0.0555. The van der Waals surface area contributed by atoms with Crippen molar-refractivity contribution >= 4 is 11.7 Å². The van der Waals surface area contributed by atoms with Crippen molar-refractivity contribution in [2.45, 2.75) is 31.6 Å². The Kier molecular flexibility index (Phi) is 3.03. The van der Waals surface area contributed by atoms with Crippen LogP contribution in [0, 0.1) is 0 Å². The molecule has 1 atom stereocenters. The van der Waals surface area contributed by atoms with Gasteiger partial charge in [-0.1, -0.05) is 0 Å².